The fourth-order valence-corrected chi connectivity index (χ4v) is 2.74. The van der Waals surface area contributed by atoms with Crippen LogP contribution in [0.15, 0.2) is 10.4 Å². The van der Waals surface area contributed by atoms with E-state index in [0.717, 1.165) is 16.7 Å². The van der Waals surface area contributed by atoms with Crippen LogP contribution in [0.25, 0.3) is 0 Å². The molecule has 0 aliphatic carbocycles. The van der Waals surface area contributed by atoms with E-state index in [4.69, 9.17) is 10.5 Å². The van der Waals surface area contributed by atoms with E-state index in [1.54, 1.807) is 0 Å². The van der Waals surface area contributed by atoms with Gasteiger partial charge in [0.05, 0.1) is 17.7 Å². The largest absolute Gasteiger partial charge is 0.434 e. The third-order valence-corrected chi connectivity index (χ3v) is 3.92. The van der Waals surface area contributed by atoms with Crippen LogP contribution in [0.3, 0.4) is 0 Å². The van der Waals surface area contributed by atoms with Crippen molar-refractivity contribution in [1.29, 1.82) is 0 Å². The molecule has 0 saturated carbocycles. The van der Waals surface area contributed by atoms with Gasteiger partial charge in [0.1, 0.15) is 0 Å². The highest BCUT2D eigenvalue weighted by molar-refractivity contribution is 14.0. The highest BCUT2D eigenvalue weighted by Gasteiger charge is 2.33. The lowest BCUT2D eigenvalue weighted by Crippen LogP contribution is -2.47. The number of aromatic nitrogens is 1. The summed E-state index contributed by atoms with van der Waals surface area (Å²) < 4.78 is 42.6. The zero-order valence-corrected chi connectivity index (χ0v) is 15.1. The zero-order valence-electron chi connectivity index (χ0n) is 12.0. The number of hydrogen-bond acceptors (Lipinski definition) is 4. The van der Waals surface area contributed by atoms with E-state index in [0.29, 0.717) is 43.6 Å². The molecule has 1 saturated heterocycles. The fraction of sp³-hybridized carbons (Fsp3) is 0.667. The van der Waals surface area contributed by atoms with Gasteiger partial charge in [-0.15, -0.1) is 35.3 Å². The Morgan fingerprint density at radius 2 is 2.32 bits per heavy atom. The highest BCUT2D eigenvalue weighted by Crippen LogP contribution is 2.30. The van der Waals surface area contributed by atoms with Gasteiger partial charge in [-0.25, -0.2) is 4.98 Å². The quantitative estimate of drug-likeness (QED) is 0.437. The molecule has 2 heterocycles. The van der Waals surface area contributed by atoms with Gasteiger partial charge in [-0.2, -0.15) is 13.2 Å². The summed E-state index contributed by atoms with van der Waals surface area (Å²) in [5.41, 5.74) is 5.03. The molecule has 126 valence electrons. The Morgan fingerprint density at radius 1 is 1.59 bits per heavy atom. The smallest absolute Gasteiger partial charge is 0.375 e. The van der Waals surface area contributed by atoms with Gasteiger partial charge in [-0.05, 0) is 6.92 Å². The monoisotopic (exact) mass is 450 g/mol. The van der Waals surface area contributed by atoms with Crippen LogP contribution in [0.4, 0.5) is 13.2 Å². The van der Waals surface area contributed by atoms with Gasteiger partial charge in [0.2, 0.25) is 0 Å². The van der Waals surface area contributed by atoms with Crippen molar-refractivity contribution >= 4 is 41.3 Å². The predicted molar refractivity (Wildman–Crippen MR) is 89.7 cm³/mol. The molecule has 5 nitrogen and oxygen atoms in total. The van der Waals surface area contributed by atoms with Crippen molar-refractivity contribution in [2.24, 2.45) is 10.7 Å². The van der Waals surface area contributed by atoms with Crippen molar-refractivity contribution in [2.45, 2.75) is 25.6 Å². The molecular formula is C12H18F3IN4OS. The molecular weight excluding hydrogens is 432 g/mol. The lowest BCUT2D eigenvalue weighted by atomic mass is 10.3. The Hall–Kier alpha value is -0.620. The second-order valence-electron chi connectivity index (χ2n) is 4.74. The number of aliphatic imine (C=N–C) groups is 1. The van der Waals surface area contributed by atoms with E-state index in [1.165, 1.54) is 0 Å². The summed E-state index contributed by atoms with van der Waals surface area (Å²) in [7, 11) is 0. The van der Waals surface area contributed by atoms with E-state index in [-0.39, 0.29) is 30.1 Å². The van der Waals surface area contributed by atoms with Crippen LogP contribution in [-0.4, -0.2) is 48.2 Å². The minimum Gasteiger partial charge on any atom is -0.375 e. The molecule has 0 aromatic carbocycles. The molecule has 22 heavy (non-hydrogen) atoms. The third-order valence-electron chi connectivity index (χ3n) is 3.01. The van der Waals surface area contributed by atoms with Crippen molar-refractivity contribution in [3.05, 3.63) is 16.1 Å². The Kier molecular flexibility index (Phi) is 7.32. The van der Waals surface area contributed by atoms with Crippen LogP contribution < -0.4 is 5.73 Å². The van der Waals surface area contributed by atoms with Gasteiger partial charge in [0.15, 0.2) is 11.7 Å². The zero-order chi connectivity index (χ0) is 15.5. The standard InChI is InChI=1S/C12H17F3N4OS.HI/c1-8-6-19(4-5-20-8)11(16)17-3-2-10-18-9(7-21-10)12(13,14)15;/h7-8H,2-6H2,1H3,(H2,16,17);1H. The van der Waals surface area contributed by atoms with Gasteiger partial charge in [0.25, 0.3) is 0 Å². The normalized spacial score (nSPS) is 19.9. The van der Waals surface area contributed by atoms with Gasteiger partial charge < -0.3 is 15.4 Å². The summed E-state index contributed by atoms with van der Waals surface area (Å²) in [4.78, 5) is 9.67. The van der Waals surface area contributed by atoms with E-state index in [2.05, 4.69) is 9.98 Å². The van der Waals surface area contributed by atoms with Crippen LogP contribution in [0, 0.1) is 0 Å². The second-order valence-corrected chi connectivity index (χ2v) is 5.68. The number of nitrogens with zero attached hydrogens (tertiary/aromatic N) is 3. The molecule has 1 aliphatic heterocycles. The number of hydrogen-bond donors (Lipinski definition) is 1. The number of ether oxygens (including phenoxy) is 1. The summed E-state index contributed by atoms with van der Waals surface area (Å²) in [6.45, 7) is 4.22. The summed E-state index contributed by atoms with van der Waals surface area (Å²) in [6.07, 6.45) is -3.94. The Bertz CT molecular complexity index is 509. The lowest BCUT2D eigenvalue weighted by Gasteiger charge is -2.31. The van der Waals surface area contributed by atoms with Crippen LogP contribution in [0.2, 0.25) is 0 Å². The first-order valence-electron chi connectivity index (χ1n) is 6.54. The SMILES string of the molecule is CC1CN(C(N)=NCCc2nc(C(F)(F)F)cs2)CCO1.I. The molecule has 1 unspecified atom stereocenters. The molecule has 1 aromatic heterocycles. The molecule has 2 N–H and O–H groups in total. The average Bonchev–Trinajstić information content (AvgIpc) is 2.87. The topological polar surface area (TPSA) is 63.7 Å². The van der Waals surface area contributed by atoms with Crippen molar-refractivity contribution in [2.75, 3.05) is 26.2 Å². The molecule has 1 aliphatic rings. The fourth-order valence-electron chi connectivity index (χ4n) is 1.95. The van der Waals surface area contributed by atoms with Gasteiger partial charge in [0, 0.05) is 31.4 Å². The first-order chi connectivity index (χ1) is 9.86. The second kappa shape index (κ2) is 8.29. The molecule has 1 atom stereocenters. The van der Waals surface area contributed by atoms with Crippen LogP contribution >= 0.6 is 35.3 Å². The molecule has 0 spiro atoms. The number of morpholine rings is 1. The van der Waals surface area contributed by atoms with Crippen molar-refractivity contribution in [1.82, 2.24) is 9.88 Å². The van der Waals surface area contributed by atoms with Crippen LogP contribution in [0.5, 0.6) is 0 Å². The molecule has 2 rings (SSSR count). The van der Waals surface area contributed by atoms with E-state index in [1.807, 2.05) is 11.8 Å². The van der Waals surface area contributed by atoms with Crippen LogP contribution in [0.1, 0.15) is 17.6 Å². The van der Waals surface area contributed by atoms with Crippen molar-refractivity contribution < 1.29 is 17.9 Å². The molecule has 1 fully saturated rings. The minimum atomic E-state index is -4.39. The highest BCUT2D eigenvalue weighted by atomic mass is 127. The Balaban J connectivity index is 0.00000242. The molecule has 0 amide bonds. The van der Waals surface area contributed by atoms with E-state index >= 15 is 0 Å². The maximum Gasteiger partial charge on any atom is 0.434 e. The van der Waals surface area contributed by atoms with Crippen molar-refractivity contribution in [3.63, 3.8) is 0 Å². The third kappa shape index (κ3) is 5.54. The average molecular weight is 450 g/mol. The Labute approximate surface area is 147 Å². The predicted octanol–water partition coefficient (Wildman–Crippen LogP) is 2.36. The van der Waals surface area contributed by atoms with Crippen LogP contribution in [-0.2, 0) is 17.3 Å². The molecule has 10 heteroatoms. The van der Waals surface area contributed by atoms with E-state index in [9.17, 15) is 13.2 Å². The molecule has 0 radical (unpaired) electrons. The number of nitrogens with two attached hydrogens (primary N) is 1. The minimum absolute atomic E-state index is 0. The number of guanidine groups is 1. The summed E-state index contributed by atoms with van der Waals surface area (Å²) in [5.74, 6) is 0.401. The summed E-state index contributed by atoms with van der Waals surface area (Å²) >= 11 is 0.989. The van der Waals surface area contributed by atoms with Gasteiger partial charge in [-0.3, -0.25) is 4.99 Å². The summed E-state index contributed by atoms with van der Waals surface area (Å²) in [6, 6.07) is 0. The summed E-state index contributed by atoms with van der Waals surface area (Å²) in [5, 5.41) is 1.43. The van der Waals surface area contributed by atoms with Gasteiger partial charge >= 0.3 is 6.18 Å². The number of halogens is 4. The number of thiazole rings is 1. The lowest BCUT2D eigenvalue weighted by molar-refractivity contribution is -0.140. The number of rotatable bonds is 3. The number of alkyl halides is 3. The Morgan fingerprint density at radius 3 is 2.91 bits per heavy atom. The maximum absolute atomic E-state index is 12.4. The first-order valence-corrected chi connectivity index (χ1v) is 7.42. The van der Waals surface area contributed by atoms with Crippen molar-refractivity contribution in [3.8, 4) is 0 Å². The first kappa shape index (κ1) is 19.4. The molecule has 1 aromatic rings. The van der Waals surface area contributed by atoms with Gasteiger partial charge in [-0.1, -0.05) is 0 Å². The molecule has 0 bridgehead atoms. The van der Waals surface area contributed by atoms with E-state index < -0.39 is 11.9 Å². The maximum atomic E-state index is 12.4.